The van der Waals surface area contributed by atoms with Gasteiger partial charge in [0.1, 0.15) is 11.2 Å². The molecule has 77 heavy (non-hydrogen) atoms. The van der Waals surface area contributed by atoms with E-state index in [1.807, 2.05) is 0 Å². The van der Waals surface area contributed by atoms with E-state index >= 15 is 0 Å². The molecular formula is C73H54N2O2. The number of fused-ring (bicyclic) bond motifs is 17. The van der Waals surface area contributed by atoms with Crippen molar-refractivity contribution < 1.29 is 8.83 Å². The molecule has 0 aliphatic heterocycles. The molecule has 2 heterocycles. The van der Waals surface area contributed by atoms with Gasteiger partial charge >= 0.3 is 0 Å². The third kappa shape index (κ3) is 6.78. The van der Waals surface area contributed by atoms with E-state index in [-0.39, 0.29) is 0 Å². The Balaban J connectivity index is 1.03. The molecular weight excluding hydrogens is 937 g/mol. The van der Waals surface area contributed by atoms with Crippen LogP contribution in [0.3, 0.4) is 0 Å². The molecule has 11 aromatic carbocycles. The molecule has 368 valence electrons. The molecule has 0 N–H and O–H groups in total. The fourth-order valence-corrected chi connectivity index (χ4v) is 12.9. The monoisotopic (exact) mass is 990 g/mol. The molecule has 4 nitrogen and oxygen atoms in total. The van der Waals surface area contributed by atoms with Crippen LogP contribution in [0.5, 0.6) is 0 Å². The fraction of sp³-hybridized carbons (Fsp3) is 0.0959. The van der Waals surface area contributed by atoms with Gasteiger partial charge < -0.3 is 18.6 Å². The van der Waals surface area contributed by atoms with Crippen molar-refractivity contribution in [2.24, 2.45) is 0 Å². The topological polar surface area (TPSA) is 32.8 Å². The molecule has 0 amide bonds. The van der Waals surface area contributed by atoms with Gasteiger partial charge in [-0.3, -0.25) is 0 Å². The zero-order valence-electron chi connectivity index (χ0n) is 43.5. The quantitative estimate of drug-likeness (QED) is 0.152. The second-order valence-electron chi connectivity index (χ2n) is 21.5. The summed E-state index contributed by atoms with van der Waals surface area (Å²) in [6.45, 7) is 9.02. The maximum absolute atomic E-state index is 6.88. The summed E-state index contributed by atoms with van der Waals surface area (Å²) in [6, 6.07) is 85.2. The first-order valence-electron chi connectivity index (χ1n) is 27.0. The van der Waals surface area contributed by atoms with Crippen molar-refractivity contribution in [2.45, 2.75) is 44.9 Å². The summed E-state index contributed by atoms with van der Waals surface area (Å²) in [5, 5.41) is 6.84. The Morgan fingerprint density at radius 2 is 0.805 bits per heavy atom. The van der Waals surface area contributed by atoms with Crippen LogP contribution in [0.1, 0.15) is 84.0 Å². The van der Waals surface area contributed by atoms with Crippen molar-refractivity contribution in [1.82, 2.24) is 0 Å². The lowest BCUT2D eigenvalue weighted by Gasteiger charge is -2.37. The zero-order chi connectivity index (χ0) is 51.5. The Morgan fingerprint density at radius 3 is 1.34 bits per heavy atom. The SMILES string of the molecule is CC(C)c1ccc(N(c2ccc3c(c2)C2(c4cc(N(c5ccc(C(C)C)cc5)c5cccc6c5oc5ccccc56)ccc4C=C3)c3ccccc3-c3c2ccc2ccccc32)c2cccc3c2oc2ccccc23)cc1. The molecule has 0 unspecified atom stereocenters. The fourth-order valence-electron chi connectivity index (χ4n) is 12.9. The lowest BCUT2D eigenvalue weighted by molar-refractivity contribution is 0.668. The van der Waals surface area contributed by atoms with Gasteiger partial charge in [0.15, 0.2) is 11.2 Å². The largest absolute Gasteiger partial charge is 0.454 e. The van der Waals surface area contributed by atoms with E-state index < -0.39 is 5.41 Å². The van der Waals surface area contributed by atoms with E-state index in [0.29, 0.717) is 11.8 Å². The van der Waals surface area contributed by atoms with Gasteiger partial charge in [-0.1, -0.05) is 198 Å². The number of furan rings is 2. The van der Waals surface area contributed by atoms with E-state index in [1.165, 1.54) is 55.3 Å². The molecule has 0 atom stereocenters. The van der Waals surface area contributed by atoms with Crippen LogP contribution in [0.4, 0.5) is 34.1 Å². The lowest BCUT2D eigenvalue weighted by atomic mass is 9.65. The van der Waals surface area contributed by atoms with Crippen molar-refractivity contribution >= 4 is 101 Å². The van der Waals surface area contributed by atoms with E-state index in [0.717, 1.165) is 89.1 Å². The first kappa shape index (κ1) is 45.0. The number of benzene rings is 11. The lowest BCUT2D eigenvalue weighted by Crippen LogP contribution is -2.30. The van der Waals surface area contributed by atoms with Crippen LogP contribution in [-0.4, -0.2) is 0 Å². The number of nitrogens with zero attached hydrogens (tertiary/aromatic N) is 2. The number of hydrogen-bond donors (Lipinski definition) is 0. The first-order valence-corrected chi connectivity index (χ1v) is 27.0. The highest BCUT2D eigenvalue weighted by molar-refractivity contribution is 6.12. The Bertz CT molecular complexity index is 4310. The Morgan fingerprint density at radius 1 is 0.351 bits per heavy atom. The summed E-state index contributed by atoms with van der Waals surface area (Å²) in [4.78, 5) is 4.82. The molecule has 0 bridgehead atoms. The number of hydrogen-bond acceptors (Lipinski definition) is 4. The normalized spacial score (nSPS) is 13.2. The Labute approximate surface area is 448 Å². The molecule has 1 spiro atoms. The van der Waals surface area contributed by atoms with E-state index in [1.54, 1.807) is 0 Å². The summed E-state index contributed by atoms with van der Waals surface area (Å²) in [6.07, 6.45) is 4.68. The summed E-state index contributed by atoms with van der Waals surface area (Å²) in [7, 11) is 0. The summed E-state index contributed by atoms with van der Waals surface area (Å²) in [5.74, 6) is 0.780. The van der Waals surface area contributed by atoms with Gasteiger partial charge in [-0.15, -0.1) is 0 Å². The molecule has 2 aromatic heterocycles. The van der Waals surface area contributed by atoms with Gasteiger partial charge in [0.05, 0.1) is 16.8 Å². The minimum atomic E-state index is -0.784. The number of anilines is 6. The van der Waals surface area contributed by atoms with Gasteiger partial charge in [0, 0.05) is 44.3 Å². The molecule has 4 heteroatoms. The van der Waals surface area contributed by atoms with Crippen molar-refractivity contribution in [3.63, 3.8) is 0 Å². The Hall–Kier alpha value is -9.38. The number of para-hydroxylation sites is 4. The van der Waals surface area contributed by atoms with Crippen LogP contribution in [0.25, 0.3) is 77.9 Å². The van der Waals surface area contributed by atoms with Crippen molar-refractivity contribution in [1.29, 1.82) is 0 Å². The van der Waals surface area contributed by atoms with Gasteiger partial charge in [-0.25, -0.2) is 0 Å². The molecule has 0 saturated carbocycles. The maximum atomic E-state index is 6.88. The smallest absolute Gasteiger partial charge is 0.159 e. The highest BCUT2D eigenvalue weighted by atomic mass is 16.3. The van der Waals surface area contributed by atoms with Crippen molar-refractivity contribution in [3.05, 3.63) is 275 Å². The van der Waals surface area contributed by atoms with Gasteiger partial charge in [0.25, 0.3) is 0 Å². The van der Waals surface area contributed by atoms with Gasteiger partial charge in [-0.2, -0.15) is 0 Å². The van der Waals surface area contributed by atoms with E-state index in [9.17, 15) is 0 Å². The second-order valence-corrected chi connectivity index (χ2v) is 21.5. The molecule has 2 aliphatic carbocycles. The predicted molar refractivity (Wildman–Crippen MR) is 322 cm³/mol. The molecule has 15 rings (SSSR count). The van der Waals surface area contributed by atoms with Crippen molar-refractivity contribution in [2.75, 3.05) is 9.80 Å². The van der Waals surface area contributed by atoms with Gasteiger partial charge in [-0.05, 0) is 151 Å². The maximum Gasteiger partial charge on any atom is 0.159 e. The standard InChI is InChI=1S/C73H54N2O2/c1-45(2)47-29-36-52(37-30-47)74(66-23-13-20-59-57-17-8-11-25-68(57)76-71(59)66)54-40-33-50-27-28-51-34-41-55(75(53-38-31-48(32-39-53)46(3)4)67-24-14-21-60-58-18-9-12-26-69(58)77-72(60)67)44-65(51)73(64(50)43-54)62-22-10-7-19-61(62)70-56-16-6-5-15-49(56)35-42-63(70)73/h5-46H,1-4H3. The van der Waals surface area contributed by atoms with Gasteiger partial charge in [0.2, 0.25) is 0 Å². The Kier molecular flexibility index (Phi) is 10.1. The molecule has 13 aromatic rings. The minimum absolute atomic E-state index is 0.390. The van der Waals surface area contributed by atoms with Crippen LogP contribution in [0.2, 0.25) is 0 Å². The third-order valence-electron chi connectivity index (χ3n) is 16.7. The predicted octanol–water partition coefficient (Wildman–Crippen LogP) is 20.7. The molecule has 0 radical (unpaired) electrons. The third-order valence-corrected chi connectivity index (χ3v) is 16.7. The highest BCUT2D eigenvalue weighted by Crippen LogP contribution is 2.61. The van der Waals surface area contributed by atoms with Crippen LogP contribution in [0, 0.1) is 0 Å². The average Bonchev–Trinajstić information content (AvgIpc) is 4.25. The molecule has 0 saturated heterocycles. The molecule has 0 fully saturated rings. The first-order chi connectivity index (χ1) is 37.8. The van der Waals surface area contributed by atoms with Crippen molar-refractivity contribution in [3.8, 4) is 11.1 Å². The summed E-state index contributed by atoms with van der Waals surface area (Å²) < 4.78 is 13.8. The van der Waals surface area contributed by atoms with Crippen LogP contribution < -0.4 is 9.80 Å². The summed E-state index contributed by atoms with van der Waals surface area (Å²) >= 11 is 0. The zero-order valence-corrected chi connectivity index (χ0v) is 43.5. The van der Waals surface area contributed by atoms with E-state index in [2.05, 4.69) is 280 Å². The van der Waals surface area contributed by atoms with Crippen LogP contribution >= 0.6 is 0 Å². The van der Waals surface area contributed by atoms with Crippen LogP contribution in [-0.2, 0) is 5.41 Å². The van der Waals surface area contributed by atoms with E-state index in [4.69, 9.17) is 8.83 Å². The minimum Gasteiger partial charge on any atom is -0.454 e. The summed E-state index contributed by atoms with van der Waals surface area (Å²) in [5.41, 5.74) is 21.2. The molecule has 2 aliphatic rings. The number of rotatable bonds is 8. The highest BCUT2D eigenvalue weighted by Gasteiger charge is 2.49. The second kappa shape index (κ2) is 17.3. The van der Waals surface area contributed by atoms with Crippen LogP contribution in [0.15, 0.2) is 239 Å². The average molecular weight is 991 g/mol.